The normalized spacial score (nSPS) is 20.8. The zero-order valence-electron chi connectivity index (χ0n) is 21.1. The van der Waals surface area contributed by atoms with Crippen molar-refractivity contribution in [1.82, 2.24) is 4.90 Å². The van der Waals surface area contributed by atoms with Crippen LogP contribution in [-0.2, 0) is 11.2 Å². The summed E-state index contributed by atoms with van der Waals surface area (Å²) in [5, 5.41) is 0. The van der Waals surface area contributed by atoms with Gasteiger partial charge in [-0.3, -0.25) is 4.79 Å². The molecule has 2 heterocycles. The Morgan fingerprint density at radius 1 is 1.00 bits per heavy atom. The predicted octanol–water partition coefficient (Wildman–Crippen LogP) is 5.41. The van der Waals surface area contributed by atoms with Gasteiger partial charge in [0, 0.05) is 61.2 Å². The van der Waals surface area contributed by atoms with Crippen LogP contribution in [0.5, 0.6) is 11.5 Å². The third kappa shape index (κ3) is 3.67. The number of Topliss-reactive ketones (excluding diaryl/α,β-unsaturated/α-hetero) is 1. The molecular weight excluding hydrogens is 424 g/mol. The van der Waals surface area contributed by atoms with Crippen LogP contribution in [0.3, 0.4) is 0 Å². The molecular formula is C29H34N2O3. The quantitative estimate of drug-likeness (QED) is 0.613. The average molecular weight is 459 g/mol. The minimum absolute atomic E-state index is 0.0461. The van der Waals surface area contributed by atoms with Crippen molar-refractivity contribution in [2.45, 2.75) is 39.0 Å². The molecule has 5 nitrogen and oxygen atoms in total. The molecule has 34 heavy (non-hydrogen) atoms. The summed E-state index contributed by atoms with van der Waals surface area (Å²) in [6.45, 7) is 5.28. The molecule has 0 saturated heterocycles. The molecule has 2 aliphatic heterocycles. The number of benzene rings is 2. The zero-order chi connectivity index (χ0) is 24.2. The van der Waals surface area contributed by atoms with Crippen molar-refractivity contribution in [1.29, 1.82) is 0 Å². The standard InChI is InChI=1S/C29H34N2O3/c1-29(2)16-24-28(25(32)17-29)22(18-7-9-20(10-8-18)30(3)4)14-23-21-15-27(34-6)26(33-5)13-19(21)11-12-31(23)24/h7-10,13-15,22H,11-12,16-17H2,1-6H3/t22-/m0/s1. The Labute approximate surface area is 202 Å². The van der Waals surface area contributed by atoms with Gasteiger partial charge in [-0.1, -0.05) is 26.0 Å². The molecule has 1 aliphatic carbocycles. The Bertz CT molecular complexity index is 1200. The van der Waals surface area contributed by atoms with Crippen molar-refractivity contribution in [2.24, 2.45) is 5.41 Å². The Morgan fingerprint density at radius 2 is 1.68 bits per heavy atom. The fourth-order valence-corrected chi connectivity index (χ4v) is 5.70. The molecule has 2 aromatic rings. The van der Waals surface area contributed by atoms with Gasteiger partial charge in [-0.15, -0.1) is 0 Å². The number of anilines is 1. The van der Waals surface area contributed by atoms with Crippen LogP contribution in [0.1, 0.15) is 49.3 Å². The van der Waals surface area contributed by atoms with Gasteiger partial charge in [0.1, 0.15) is 0 Å². The van der Waals surface area contributed by atoms with Crippen molar-refractivity contribution in [3.63, 3.8) is 0 Å². The van der Waals surface area contributed by atoms with E-state index >= 15 is 0 Å². The number of nitrogens with zero attached hydrogens (tertiary/aromatic N) is 2. The number of carbonyl (C=O) groups excluding carboxylic acids is 1. The number of rotatable bonds is 4. The van der Waals surface area contributed by atoms with Gasteiger partial charge in [0.25, 0.3) is 0 Å². The maximum Gasteiger partial charge on any atom is 0.162 e. The number of fused-ring (bicyclic) bond motifs is 4. The summed E-state index contributed by atoms with van der Waals surface area (Å²) < 4.78 is 11.2. The van der Waals surface area contributed by atoms with E-state index in [2.05, 4.69) is 66.1 Å². The van der Waals surface area contributed by atoms with Crippen molar-refractivity contribution in [3.8, 4) is 11.5 Å². The molecule has 0 saturated carbocycles. The summed E-state index contributed by atoms with van der Waals surface area (Å²) in [5.41, 5.74) is 8.03. The van der Waals surface area contributed by atoms with E-state index in [1.807, 2.05) is 14.1 Å². The van der Waals surface area contributed by atoms with Crippen LogP contribution in [-0.4, -0.2) is 45.5 Å². The molecule has 0 fully saturated rings. The van der Waals surface area contributed by atoms with Gasteiger partial charge < -0.3 is 19.3 Å². The summed E-state index contributed by atoms with van der Waals surface area (Å²) in [6.07, 6.45) is 4.70. The lowest BCUT2D eigenvalue weighted by Gasteiger charge is -2.46. The van der Waals surface area contributed by atoms with Crippen molar-refractivity contribution in [3.05, 3.63) is 70.4 Å². The van der Waals surface area contributed by atoms with E-state index < -0.39 is 0 Å². The number of allylic oxidation sites excluding steroid dienone is 3. The lowest BCUT2D eigenvalue weighted by atomic mass is 9.69. The fourth-order valence-electron chi connectivity index (χ4n) is 5.70. The second-order valence-electron chi connectivity index (χ2n) is 10.6. The lowest BCUT2D eigenvalue weighted by molar-refractivity contribution is -0.118. The van der Waals surface area contributed by atoms with Crippen LogP contribution in [0.15, 0.2) is 53.7 Å². The van der Waals surface area contributed by atoms with Crippen LogP contribution >= 0.6 is 0 Å². The summed E-state index contributed by atoms with van der Waals surface area (Å²) in [4.78, 5) is 18.0. The highest BCUT2D eigenvalue weighted by Gasteiger charge is 2.42. The molecule has 1 atom stereocenters. The van der Waals surface area contributed by atoms with E-state index in [4.69, 9.17) is 9.47 Å². The van der Waals surface area contributed by atoms with E-state index in [9.17, 15) is 4.79 Å². The first kappa shape index (κ1) is 22.6. The number of ketones is 1. The first-order valence-electron chi connectivity index (χ1n) is 12.0. The second-order valence-corrected chi connectivity index (χ2v) is 10.6. The van der Waals surface area contributed by atoms with E-state index in [1.165, 1.54) is 22.5 Å². The highest BCUT2D eigenvalue weighted by Crippen LogP contribution is 2.51. The van der Waals surface area contributed by atoms with E-state index in [-0.39, 0.29) is 17.1 Å². The molecule has 0 bridgehead atoms. The van der Waals surface area contributed by atoms with Crippen LogP contribution in [0, 0.1) is 5.41 Å². The third-order valence-corrected chi connectivity index (χ3v) is 7.41. The van der Waals surface area contributed by atoms with Gasteiger partial charge in [0.05, 0.1) is 14.2 Å². The minimum Gasteiger partial charge on any atom is -0.493 e. The molecule has 0 spiro atoms. The number of hydrogen-bond acceptors (Lipinski definition) is 5. The zero-order valence-corrected chi connectivity index (χ0v) is 21.1. The molecule has 178 valence electrons. The molecule has 3 aliphatic rings. The van der Waals surface area contributed by atoms with E-state index in [1.54, 1.807) is 14.2 Å². The first-order chi connectivity index (χ1) is 16.2. The summed E-state index contributed by atoms with van der Waals surface area (Å²) in [6, 6.07) is 12.8. The van der Waals surface area contributed by atoms with Gasteiger partial charge in [0.15, 0.2) is 17.3 Å². The van der Waals surface area contributed by atoms with Gasteiger partial charge in [-0.05, 0) is 59.7 Å². The summed E-state index contributed by atoms with van der Waals surface area (Å²) in [5.74, 6) is 1.72. The number of methoxy groups -OCH3 is 2. The highest BCUT2D eigenvalue weighted by molar-refractivity contribution is 6.01. The smallest absolute Gasteiger partial charge is 0.162 e. The Balaban J connectivity index is 1.69. The Hall–Kier alpha value is -3.21. The molecule has 0 aromatic heterocycles. The van der Waals surface area contributed by atoms with Crippen LogP contribution < -0.4 is 14.4 Å². The Kier molecular flexibility index (Phi) is 5.46. The molecule has 0 amide bonds. The average Bonchev–Trinajstić information content (AvgIpc) is 2.81. The molecule has 0 N–H and O–H groups in total. The second kappa shape index (κ2) is 8.23. The summed E-state index contributed by atoms with van der Waals surface area (Å²) >= 11 is 0. The van der Waals surface area contributed by atoms with Crippen LogP contribution in [0.25, 0.3) is 5.70 Å². The van der Waals surface area contributed by atoms with Crippen molar-refractivity contribution >= 4 is 17.2 Å². The monoisotopic (exact) mass is 458 g/mol. The molecule has 2 aromatic carbocycles. The topological polar surface area (TPSA) is 42.0 Å². The van der Waals surface area contributed by atoms with Crippen molar-refractivity contribution < 1.29 is 14.3 Å². The SMILES string of the molecule is COc1cc2c(cc1OC)C1=C[C@@H](c3ccc(N(C)C)cc3)C3=C(CC(C)(C)CC3=O)N1CC2. The third-order valence-electron chi connectivity index (χ3n) is 7.41. The molecule has 5 heteroatoms. The predicted molar refractivity (Wildman–Crippen MR) is 136 cm³/mol. The lowest BCUT2D eigenvalue weighted by Crippen LogP contribution is -2.40. The number of ether oxygens (including phenoxy) is 2. The highest BCUT2D eigenvalue weighted by atomic mass is 16.5. The number of hydrogen-bond donors (Lipinski definition) is 0. The van der Waals surface area contributed by atoms with Crippen LogP contribution in [0.4, 0.5) is 5.69 Å². The molecule has 5 rings (SSSR count). The minimum atomic E-state index is -0.0555. The number of carbonyl (C=O) groups is 1. The van der Waals surface area contributed by atoms with Crippen LogP contribution in [0.2, 0.25) is 0 Å². The summed E-state index contributed by atoms with van der Waals surface area (Å²) in [7, 11) is 7.45. The Morgan fingerprint density at radius 3 is 2.32 bits per heavy atom. The maximum atomic E-state index is 13.5. The van der Waals surface area contributed by atoms with Gasteiger partial charge in [-0.2, -0.15) is 0 Å². The molecule has 0 unspecified atom stereocenters. The first-order valence-corrected chi connectivity index (χ1v) is 12.0. The van der Waals surface area contributed by atoms with Gasteiger partial charge >= 0.3 is 0 Å². The maximum absolute atomic E-state index is 13.5. The largest absolute Gasteiger partial charge is 0.493 e. The van der Waals surface area contributed by atoms with E-state index in [0.29, 0.717) is 6.42 Å². The van der Waals surface area contributed by atoms with Gasteiger partial charge in [0.2, 0.25) is 0 Å². The van der Waals surface area contributed by atoms with Gasteiger partial charge in [-0.25, -0.2) is 0 Å². The molecule has 0 radical (unpaired) electrons. The fraction of sp³-hybridized carbons (Fsp3) is 0.414. The van der Waals surface area contributed by atoms with Crippen molar-refractivity contribution in [2.75, 3.05) is 39.8 Å². The van der Waals surface area contributed by atoms with E-state index in [0.717, 1.165) is 47.7 Å².